The quantitative estimate of drug-likeness (QED) is 0.901. The number of halogens is 3. The number of rotatable bonds is 4. The van der Waals surface area contributed by atoms with Crippen LogP contribution in [0.2, 0.25) is 0 Å². The molecule has 0 saturated heterocycles. The molecule has 0 amide bonds. The van der Waals surface area contributed by atoms with E-state index in [0.29, 0.717) is 11.4 Å². The molecule has 2 nitrogen and oxygen atoms in total. The van der Waals surface area contributed by atoms with Gasteiger partial charge in [-0.1, -0.05) is 28.1 Å². The topological polar surface area (TPSA) is 21.3 Å². The maximum Gasteiger partial charge on any atom is 0.163 e. The van der Waals surface area contributed by atoms with Crippen LogP contribution in [0.3, 0.4) is 0 Å². The summed E-state index contributed by atoms with van der Waals surface area (Å²) in [7, 11) is 1.55. The Bertz CT molecular complexity index is 590. The lowest BCUT2D eigenvalue weighted by atomic mass is 10.2. The second-order valence-electron chi connectivity index (χ2n) is 3.91. The van der Waals surface area contributed by atoms with Crippen molar-refractivity contribution in [2.75, 3.05) is 12.4 Å². The van der Waals surface area contributed by atoms with Crippen LogP contribution in [-0.2, 0) is 6.54 Å². The Kier molecular flexibility index (Phi) is 4.37. The normalized spacial score (nSPS) is 10.3. The van der Waals surface area contributed by atoms with E-state index < -0.39 is 11.6 Å². The second kappa shape index (κ2) is 6.02. The van der Waals surface area contributed by atoms with E-state index in [0.717, 1.165) is 10.5 Å². The Balaban J connectivity index is 2.18. The zero-order chi connectivity index (χ0) is 13.8. The predicted molar refractivity (Wildman–Crippen MR) is 74.4 cm³/mol. The van der Waals surface area contributed by atoms with Gasteiger partial charge in [-0.25, -0.2) is 8.78 Å². The third-order valence-corrected chi connectivity index (χ3v) is 3.16. The summed E-state index contributed by atoms with van der Waals surface area (Å²) in [5.74, 6) is -1.04. The van der Waals surface area contributed by atoms with Crippen LogP contribution in [0.5, 0.6) is 5.75 Å². The van der Waals surface area contributed by atoms with E-state index in [9.17, 15) is 8.78 Å². The lowest BCUT2D eigenvalue weighted by molar-refractivity contribution is 0.416. The van der Waals surface area contributed by atoms with Gasteiger partial charge in [0.25, 0.3) is 0 Å². The number of hydrogen-bond acceptors (Lipinski definition) is 2. The van der Waals surface area contributed by atoms with Gasteiger partial charge in [-0.05, 0) is 24.3 Å². The molecule has 0 aliphatic heterocycles. The molecule has 1 N–H and O–H groups in total. The Hall–Kier alpha value is -1.62. The molecule has 0 fully saturated rings. The minimum Gasteiger partial charge on any atom is -0.495 e. The van der Waals surface area contributed by atoms with Crippen LogP contribution >= 0.6 is 15.9 Å². The first-order chi connectivity index (χ1) is 9.11. The average Bonchev–Trinajstić information content (AvgIpc) is 2.40. The Morgan fingerprint density at radius 2 is 2.00 bits per heavy atom. The van der Waals surface area contributed by atoms with Gasteiger partial charge >= 0.3 is 0 Å². The molecule has 2 aromatic rings. The number of nitrogens with one attached hydrogen (secondary N) is 1. The fourth-order valence-electron chi connectivity index (χ4n) is 1.69. The van der Waals surface area contributed by atoms with Gasteiger partial charge in [0.05, 0.1) is 12.8 Å². The number of hydrogen-bond donors (Lipinski definition) is 1. The minimum absolute atomic E-state index is 0.177. The first-order valence-electron chi connectivity index (χ1n) is 5.62. The smallest absolute Gasteiger partial charge is 0.163 e. The molecule has 0 bridgehead atoms. The number of ether oxygens (including phenoxy) is 1. The van der Waals surface area contributed by atoms with Gasteiger partial charge in [0, 0.05) is 16.6 Å². The van der Waals surface area contributed by atoms with Gasteiger partial charge in [-0.15, -0.1) is 0 Å². The summed E-state index contributed by atoms with van der Waals surface area (Å²) in [5.41, 5.74) is 0.975. The first-order valence-corrected chi connectivity index (χ1v) is 6.41. The molecular weight excluding hydrogens is 316 g/mol. The van der Waals surface area contributed by atoms with Crippen molar-refractivity contribution in [2.45, 2.75) is 6.54 Å². The molecule has 0 unspecified atom stereocenters. The van der Waals surface area contributed by atoms with Crippen molar-refractivity contribution in [3.05, 3.63) is 58.1 Å². The summed E-state index contributed by atoms with van der Waals surface area (Å²) >= 11 is 3.35. The first kappa shape index (κ1) is 13.8. The van der Waals surface area contributed by atoms with Gasteiger partial charge in [0.1, 0.15) is 5.75 Å². The molecule has 0 heterocycles. The van der Waals surface area contributed by atoms with Crippen LogP contribution < -0.4 is 10.1 Å². The molecule has 100 valence electrons. The maximum absolute atomic E-state index is 13.5. The lowest BCUT2D eigenvalue weighted by Gasteiger charge is -2.12. The number of anilines is 1. The summed E-state index contributed by atoms with van der Waals surface area (Å²) in [6.07, 6.45) is 0. The highest BCUT2D eigenvalue weighted by Gasteiger charge is 2.09. The van der Waals surface area contributed by atoms with E-state index in [1.54, 1.807) is 13.2 Å². The van der Waals surface area contributed by atoms with Crippen molar-refractivity contribution in [1.82, 2.24) is 0 Å². The van der Waals surface area contributed by atoms with Gasteiger partial charge in [0.2, 0.25) is 0 Å². The van der Waals surface area contributed by atoms with Crippen LogP contribution in [-0.4, -0.2) is 7.11 Å². The number of benzene rings is 2. The summed E-state index contributed by atoms with van der Waals surface area (Å²) in [4.78, 5) is 0. The summed E-state index contributed by atoms with van der Waals surface area (Å²) < 4.78 is 32.7. The van der Waals surface area contributed by atoms with Crippen LogP contribution in [0.15, 0.2) is 40.9 Å². The molecule has 0 radical (unpaired) electrons. The minimum atomic E-state index is -0.847. The zero-order valence-electron chi connectivity index (χ0n) is 10.2. The largest absolute Gasteiger partial charge is 0.495 e. The monoisotopic (exact) mass is 327 g/mol. The standard InChI is InChI=1S/C14H12BrF2NO/c1-19-13-6-5-10(15)7-12(13)18-8-9-3-2-4-11(16)14(9)17/h2-7,18H,8H2,1H3. The molecule has 0 spiro atoms. The molecule has 0 atom stereocenters. The summed E-state index contributed by atoms with van der Waals surface area (Å²) in [6.45, 7) is 0.177. The fraction of sp³-hybridized carbons (Fsp3) is 0.143. The van der Waals surface area contributed by atoms with E-state index in [-0.39, 0.29) is 12.1 Å². The second-order valence-corrected chi connectivity index (χ2v) is 4.83. The molecule has 19 heavy (non-hydrogen) atoms. The molecular formula is C14H12BrF2NO. The maximum atomic E-state index is 13.5. The van der Waals surface area contributed by atoms with E-state index >= 15 is 0 Å². The number of methoxy groups -OCH3 is 1. The molecule has 0 aliphatic rings. The van der Waals surface area contributed by atoms with E-state index in [1.165, 1.54) is 12.1 Å². The van der Waals surface area contributed by atoms with Crippen molar-refractivity contribution >= 4 is 21.6 Å². The van der Waals surface area contributed by atoms with Gasteiger partial charge < -0.3 is 10.1 Å². The van der Waals surface area contributed by atoms with Crippen LogP contribution in [0.4, 0.5) is 14.5 Å². The highest BCUT2D eigenvalue weighted by Crippen LogP contribution is 2.28. The Morgan fingerprint density at radius 3 is 2.74 bits per heavy atom. The molecule has 0 saturated carbocycles. The average molecular weight is 328 g/mol. The van der Waals surface area contributed by atoms with Crippen molar-refractivity contribution in [2.24, 2.45) is 0 Å². The molecule has 2 aromatic carbocycles. The van der Waals surface area contributed by atoms with Crippen molar-refractivity contribution in [1.29, 1.82) is 0 Å². The van der Waals surface area contributed by atoms with Gasteiger partial charge in [0.15, 0.2) is 11.6 Å². The third kappa shape index (κ3) is 3.23. The summed E-state index contributed by atoms with van der Waals surface area (Å²) in [6, 6.07) is 9.55. The van der Waals surface area contributed by atoms with Crippen molar-refractivity contribution in [3.63, 3.8) is 0 Å². The molecule has 0 aliphatic carbocycles. The van der Waals surface area contributed by atoms with E-state index in [4.69, 9.17) is 4.74 Å². The molecule has 0 aromatic heterocycles. The van der Waals surface area contributed by atoms with E-state index in [2.05, 4.69) is 21.2 Å². The predicted octanol–water partition coefficient (Wildman–Crippen LogP) is 4.35. The van der Waals surface area contributed by atoms with Gasteiger partial charge in [-0.3, -0.25) is 0 Å². The fourth-order valence-corrected chi connectivity index (χ4v) is 2.05. The highest BCUT2D eigenvalue weighted by atomic mass is 79.9. The SMILES string of the molecule is COc1ccc(Br)cc1NCc1cccc(F)c1F. The van der Waals surface area contributed by atoms with Crippen molar-refractivity contribution in [3.8, 4) is 5.75 Å². The highest BCUT2D eigenvalue weighted by molar-refractivity contribution is 9.10. The van der Waals surface area contributed by atoms with Crippen LogP contribution in [0, 0.1) is 11.6 Å². The Labute approximate surface area is 118 Å². The van der Waals surface area contributed by atoms with Crippen molar-refractivity contribution < 1.29 is 13.5 Å². The van der Waals surface area contributed by atoms with Crippen LogP contribution in [0.25, 0.3) is 0 Å². The summed E-state index contributed by atoms with van der Waals surface area (Å²) in [5, 5.41) is 3.03. The zero-order valence-corrected chi connectivity index (χ0v) is 11.8. The van der Waals surface area contributed by atoms with Crippen LogP contribution in [0.1, 0.15) is 5.56 Å². The van der Waals surface area contributed by atoms with Gasteiger partial charge in [-0.2, -0.15) is 0 Å². The lowest BCUT2D eigenvalue weighted by Crippen LogP contribution is -2.04. The van der Waals surface area contributed by atoms with E-state index in [1.807, 2.05) is 12.1 Å². The molecule has 2 rings (SSSR count). The molecule has 5 heteroatoms. The third-order valence-electron chi connectivity index (χ3n) is 2.66. The Morgan fingerprint density at radius 1 is 1.21 bits per heavy atom.